The Morgan fingerprint density at radius 3 is 1.56 bits per heavy atom. The number of carbonyl (C=O) groups is 1. The van der Waals surface area contributed by atoms with Crippen LogP contribution >= 0.6 is 23.2 Å². The van der Waals surface area contributed by atoms with Crippen molar-refractivity contribution in [1.29, 1.82) is 0 Å². The van der Waals surface area contributed by atoms with Crippen molar-refractivity contribution in [3.8, 4) is 0 Å². The summed E-state index contributed by atoms with van der Waals surface area (Å²) in [5.74, 6) is -0.828. The molecule has 2 aromatic rings. The highest BCUT2D eigenvalue weighted by molar-refractivity contribution is 7.91. The first kappa shape index (κ1) is 30.4. The quantitative estimate of drug-likeness (QED) is 0.274. The molecule has 9 nitrogen and oxygen atoms in total. The van der Waals surface area contributed by atoms with Gasteiger partial charge in [0, 0.05) is 19.1 Å². The van der Waals surface area contributed by atoms with E-state index in [0.717, 1.165) is 12.5 Å². The fourth-order valence-electron chi connectivity index (χ4n) is 3.31. The van der Waals surface area contributed by atoms with Gasteiger partial charge >= 0.3 is 0 Å². The Bertz CT molecular complexity index is 1240. The van der Waals surface area contributed by atoms with Crippen LogP contribution in [0.3, 0.4) is 0 Å². The van der Waals surface area contributed by atoms with Crippen LogP contribution in [0.4, 0.5) is 4.39 Å². The van der Waals surface area contributed by atoms with Gasteiger partial charge in [0.15, 0.2) is 24.5 Å². The van der Waals surface area contributed by atoms with Crippen LogP contribution in [0.1, 0.15) is 23.3 Å². The van der Waals surface area contributed by atoms with E-state index in [9.17, 15) is 36.2 Å². The second-order valence-corrected chi connectivity index (χ2v) is 13.3. The molecule has 4 atom stereocenters. The molecule has 1 amide bonds. The highest BCUT2D eigenvalue weighted by Gasteiger charge is 2.28. The molecule has 0 aliphatic rings. The van der Waals surface area contributed by atoms with E-state index in [4.69, 9.17) is 23.2 Å². The number of sulfone groups is 2. The third kappa shape index (κ3) is 8.37. The molecule has 200 valence electrons. The Hall–Kier alpha value is -1.80. The number of rotatable bonds is 12. The normalized spacial score (nSPS) is 15.8. The van der Waals surface area contributed by atoms with Gasteiger partial charge in [-0.15, -0.1) is 0 Å². The molecule has 0 radical (unpaired) electrons. The van der Waals surface area contributed by atoms with Crippen molar-refractivity contribution < 1.29 is 36.2 Å². The van der Waals surface area contributed by atoms with Gasteiger partial charge in [0.25, 0.3) is 5.91 Å². The molecular weight excluding hydrogens is 558 g/mol. The standard InChI is InChI=1S/C22H27Cl2FN2O7S2/c1-35(31,32)15-7-3-13(4-8-15)19(28)17(11-25)26-12-18(27-22(30)21(23)24)20(29)14-5-9-16(10-6-14)36(2,33)34/h3-10,17-21,26,28-29H,11-12H2,1-2H3,(H,27,30)/t17?,18?,19?,20-/m1/s1. The fourth-order valence-corrected chi connectivity index (χ4v) is 4.69. The van der Waals surface area contributed by atoms with Crippen molar-refractivity contribution in [3.05, 3.63) is 59.7 Å². The maximum absolute atomic E-state index is 13.8. The highest BCUT2D eigenvalue weighted by Crippen LogP contribution is 2.22. The topological polar surface area (TPSA) is 150 Å². The second-order valence-electron chi connectivity index (χ2n) is 8.16. The maximum atomic E-state index is 13.8. The highest BCUT2D eigenvalue weighted by atomic mass is 35.5. The van der Waals surface area contributed by atoms with Crippen LogP contribution in [0.15, 0.2) is 58.3 Å². The van der Waals surface area contributed by atoms with Gasteiger partial charge < -0.3 is 20.8 Å². The smallest absolute Gasteiger partial charge is 0.253 e. The van der Waals surface area contributed by atoms with Gasteiger partial charge in [0.1, 0.15) is 12.8 Å². The van der Waals surface area contributed by atoms with Crippen LogP contribution < -0.4 is 10.6 Å². The van der Waals surface area contributed by atoms with Crippen molar-refractivity contribution in [2.75, 3.05) is 25.7 Å². The van der Waals surface area contributed by atoms with E-state index in [1.54, 1.807) is 0 Å². The van der Waals surface area contributed by atoms with Gasteiger partial charge in [-0.25, -0.2) is 21.2 Å². The van der Waals surface area contributed by atoms with Gasteiger partial charge in [-0.3, -0.25) is 4.79 Å². The molecule has 0 aliphatic heterocycles. The Balaban J connectivity index is 2.22. The second kappa shape index (κ2) is 12.6. The van der Waals surface area contributed by atoms with Crippen molar-refractivity contribution >= 4 is 48.8 Å². The SMILES string of the molecule is CS(=O)(=O)c1ccc(C(O)C(CF)NCC(NC(=O)C(Cl)Cl)[C@H](O)c2ccc(S(C)(=O)=O)cc2)cc1. The van der Waals surface area contributed by atoms with E-state index in [2.05, 4.69) is 10.6 Å². The zero-order valence-electron chi connectivity index (χ0n) is 19.3. The van der Waals surface area contributed by atoms with Gasteiger partial charge in [-0.05, 0) is 35.4 Å². The van der Waals surface area contributed by atoms with Crippen molar-refractivity contribution in [1.82, 2.24) is 10.6 Å². The summed E-state index contributed by atoms with van der Waals surface area (Å²) in [6.45, 7) is -1.28. The zero-order chi connectivity index (χ0) is 27.3. The number of aliphatic hydroxyl groups is 2. The lowest BCUT2D eigenvalue weighted by Gasteiger charge is -2.29. The molecular formula is C22H27Cl2FN2O7S2. The van der Waals surface area contributed by atoms with Crippen LogP contribution in [0.5, 0.6) is 0 Å². The van der Waals surface area contributed by atoms with Gasteiger partial charge in [0.2, 0.25) is 0 Å². The number of benzene rings is 2. The van der Waals surface area contributed by atoms with E-state index >= 15 is 0 Å². The number of alkyl halides is 3. The summed E-state index contributed by atoms with van der Waals surface area (Å²) >= 11 is 11.2. The van der Waals surface area contributed by atoms with Crippen LogP contribution in [-0.2, 0) is 24.5 Å². The van der Waals surface area contributed by atoms with E-state index in [0.29, 0.717) is 0 Å². The number of hydrogen-bond acceptors (Lipinski definition) is 8. The maximum Gasteiger partial charge on any atom is 0.253 e. The summed E-state index contributed by atoms with van der Waals surface area (Å²) in [6, 6.07) is 8.32. The van der Waals surface area contributed by atoms with E-state index in [1.165, 1.54) is 48.5 Å². The number of carbonyl (C=O) groups excluding carboxylic acids is 1. The summed E-state index contributed by atoms with van der Waals surface area (Å²) in [4.78, 5) is 10.7. The monoisotopic (exact) mass is 584 g/mol. The minimum Gasteiger partial charge on any atom is -0.387 e. The van der Waals surface area contributed by atoms with Crippen molar-refractivity contribution in [2.45, 2.75) is 38.9 Å². The molecule has 4 N–H and O–H groups in total. The Morgan fingerprint density at radius 1 is 0.833 bits per heavy atom. The Kier molecular flexibility index (Phi) is 10.7. The first-order valence-corrected chi connectivity index (χ1v) is 15.1. The molecule has 14 heteroatoms. The number of aliphatic hydroxyl groups excluding tert-OH is 2. The van der Waals surface area contributed by atoms with E-state index < -0.39 is 61.4 Å². The van der Waals surface area contributed by atoms with Crippen LogP contribution in [0.25, 0.3) is 0 Å². The fraction of sp³-hybridized carbons (Fsp3) is 0.409. The Labute approximate surface area is 219 Å². The summed E-state index contributed by atoms with van der Waals surface area (Å²) in [5, 5.41) is 26.6. The minimum absolute atomic E-state index is 0.0289. The molecule has 2 aromatic carbocycles. The lowest BCUT2D eigenvalue weighted by Crippen LogP contribution is -2.50. The minimum atomic E-state index is -3.47. The zero-order valence-corrected chi connectivity index (χ0v) is 22.5. The molecule has 0 saturated heterocycles. The number of amides is 1. The summed E-state index contributed by atoms with van der Waals surface area (Å²) in [5.41, 5.74) is 0.500. The molecule has 0 fully saturated rings. The van der Waals surface area contributed by atoms with Crippen LogP contribution in [-0.4, -0.2) is 75.6 Å². The average Bonchev–Trinajstić information content (AvgIpc) is 2.81. The van der Waals surface area contributed by atoms with Gasteiger partial charge in [0.05, 0.1) is 28.0 Å². The molecule has 0 heterocycles. The Morgan fingerprint density at radius 2 is 1.22 bits per heavy atom. The summed E-state index contributed by atoms with van der Waals surface area (Å²) < 4.78 is 60.4. The third-order valence-corrected chi connectivity index (χ3v) is 8.01. The van der Waals surface area contributed by atoms with Crippen LogP contribution in [0.2, 0.25) is 0 Å². The lowest BCUT2D eigenvalue weighted by atomic mass is 10.00. The van der Waals surface area contributed by atoms with Crippen LogP contribution in [0, 0.1) is 0 Å². The molecule has 36 heavy (non-hydrogen) atoms. The predicted octanol–water partition coefficient (Wildman–Crippen LogP) is 1.48. The third-order valence-electron chi connectivity index (χ3n) is 5.35. The van der Waals surface area contributed by atoms with Crippen molar-refractivity contribution in [2.24, 2.45) is 0 Å². The van der Waals surface area contributed by atoms with Crippen molar-refractivity contribution in [3.63, 3.8) is 0 Å². The molecule has 0 aromatic heterocycles. The summed E-state index contributed by atoms with van der Waals surface area (Å²) in [7, 11) is -6.92. The van der Waals surface area contributed by atoms with E-state index in [-0.39, 0.29) is 27.5 Å². The largest absolute Gasteiger partial charge is 0.387 e. The predicted molar refractivity (Wildman–Crippen MR) is 134 cm³/mol. The average molecular weight is 586 g/mol. The first-order valence-electron chi connectivity index (χ1n) is 10.5. The number of halogens is 3. The molecule has 2 rings (SSSR count). The molecule has 3 unspecified atom stereocenters. The molecule has 0 spiro atoms. The lowest BCUT2D eigenvalue weighted by molar-refractivity contribution is -0.121. The summed E-state index contributed by atoms with van der Waals surface area (Å²) in [6.07, 6.45) is -0.706. The number of hydrogen-bond donors (Lipinski definition) is 4. The molecule has 0 saturated carbocycles. The first-order chi connectivity index (χ1) is 16.6. The van der Waals surface area contributed by atoms with Gasteiger partial charge in [-0.1, -0.05) is 47.5 Å². The molecule has 0 bridgehead atoms. The number of nitrogens with one attached hydrogen (secondary N) is 2. The molecule has 0 aliphatic carbocycles. The van der Waals surface area contributed by atoms with E-state index in [1.807, 2.05) is 0 Å². The van der Waals surface area contributed by atoms with Gasteiger partial charge in [-0.2, -0.15) is 0 Å².